The normalized spacial score (nSPS) is 12.0. The van der Waals surface area contributed by atoms with Gasteiger partial charge in [0.05, 0.1) is 12.8 Å². The predicted octanol–water partition coefficient (Wildman–Crippen LogP) is 2.13. The van der Waals surface area contributed by atoms with Crippen molar-refractivity contribution in [3.8, 4) is 6.07 Å². The first-order valence-corrected chi connectivity index (χ1v) is 7.62. The zero-order chi connectivity index (χ0) is 16.0. The number of nitrogens with zero attached hydrogens (tertiary/aromatic N) is 2. The minimum atomic E-state index is -0.525. The van der Waals surface area contributed by atoms with E-state index in [9.17, 15) is 4.79 Å². The Balaban J connectivity index is 2.80. The average Bonchev–Trinajstić information content (AvgIpc) is 2.81. The third-order valence-electron chi connectivity index (χ3n) is 3.53. The summed E-state index contributed by atoms with van der Waals surface area (Å²) in [6.07, 6.45) is 1.08. The van der Waals surface area contributed by atoms with Crippen LogP contribution < -0.4 is 11.1 Å². The number of nitrogen functional groups attached to an aromatic ring is 1. The lowest BCUT2D eigenvalue weighted by Gasteiger charge is -2.23. The fourth-order valence-electron chi connectivity index (χ4n) is 1.83. The molecule has 1 aromatic heterocycles. The van der Waals surface area contributed by atoms with Gasteiger partial charge in [0.2, 0.25) is 0 Å². The lowest BCUT2D eigenvalue weighted by atomic mass is 10.2. The number of hydrogen-bond donors (Lipinski definition) is 2. The number of ether oxygens (including phenoxy) is 1. The van der Waals surface area contributed by atoms with Gasteiger partial charge in [0.25, 0.3) is 0 Å². The first kappa shape index (κ1) is 17.3. The number of hydrogen-bond acceptors (Lipinski definition) is 7. The number of anilines is 2. The van der Waals surface area contributed by atoms with Crippen LogP contribution in [0.15, 0.2) is 0 Å². The Morgan fingerprint density at radius 1 is 1.62 bits per heavy atom. The van der Waals surface area contributed by atoms with Crippen LogP contribution in [0.3, 0.4) is 0 Å². The van der Waals surface area contributed by atoms with Crippen molar-refractivity contribution in [2.24, 2.45) is 0 Å². The van der Waals surface area contributed by atoms with Crippen molar-refractivity contribution in [2.75, 3.05) is 38.3 Å². The highest BCUT2D eigenvalue weighted by Crippen LogP contribution is 2.35. The summed E-state index contributed by atoms with van der Waals surface area (Å²) in [7, 11) is 3.35. The number of rotatable bonds is 7. The number of nitriles is 1. The molecule has 0 saturated heterocycles. The summed E-state index contributed by atoms with van der Waals surface area (Å²) in [5, 5.41) is 12.8. The van der Waals surface area contributed by atoms with Crippen LogP contribution in [0, 0.1) is 11.3 Å². The maximum Gasteiger partial charge on any atom is 0.343 e. The largest absolute Gasteiger partial charge is 0.465 e. The van der Waals surface area contributed by atoms with E-state index < -0.39 is 5.97 Å². The Morgan fingerprint density at radius 2 is 2.29 bits per heavy atom. The molecule has 116 valence electrons. The average molecular weight is 310 g/mol. The van der Waals surface area contributed by atoms with Gasteiger partial charge in [-0.2, -0.15) is 5.26 Å². The van der Waals surface area contributed by atoms with E-state index in [1.165, 1.54) is 18.4 Å². The molecule has 0 bridgehead atoms. The molecule has 1 rings (SSSR count). The molecular weight excluding hydrogens is 288 g/mol. The van der Waals surface area contributed by atoms with Gasteiger partial charge in [-0.05, 0) is 20.4 Å². The van der Waals surface area contributed by atoms with Gasteiger partial charge < -0.3 is 20.7 Å². The molecule has 0 aliphatic heterocycles. The van der Waals surface area contributed by atoms with Gasteiger partial charge in [0, 0.05) is 19.1 Å². The molecule has 1 aromatic rings. The molecule has 6 nitrogen and oxygen atoms in total. The molecule has 7 heteroatoms. The number of carbonyl (C=O) groups is 1. The number of carbonyl (C=O) groups excluding carboxylic acids is 1. The van der Waals surface area contributed by atoms with E-state index in [0.29, 0.717) is 22.5 Å². The lowest BCUT2D eigenvalue weighted by molar-refractivity contribution is 0.0603. The minimum Gasteiger partial charge on any atom is -0.465 e. The molecule has 1 heterocycles. The second-order valence-electron chi connectivity index (χ2n) is 4.82. The first-order chi connectivity index (χ1) is 9.96. The van der Waals surface area contributed by atoms with E-state index in [2.05, 4.69) is 31.1 Å². The van der Waals surface area contributed by atoms with Gasteiger partial charge in [-0.3, -0.25) is 0 Å². The SMILES string of the molecule is CCC(C)N(C)CCNc1sc(C#N)c(N)c1C(=O)OC. The zero-order valence-electron chi connectivity index (χ0n) is 12.9. The number of likely N-dealkylation sites (N-methyl/N-ethyl adjacent to an activating group) is 1. The molecule has 0 aromatic carbocycles. The summed E-state index contributed by atoms with van der Waals surface area (Å²) in [6, 6.07) is 2.49. The maximum atomic E-state index is 11.8. The maximum absolute atomic E-state index is 11.8. The Labute approximate surface area is 129 Å². The highest BCUT2D eigenvalue weighted by Gasteiger charge is 2.22. The van der Waals surface area contributed by atoms with Crippen molar-refractivity contribution in [2.45, 2.75) is 26.3 Å². The van der Waals surface area contributed by atoms with Crippen LogP contribution in [-0.2, 0) is 4.74 Å². The van der Waals surface area contributed by atoms with Crippen LogP contribution in [0.1, 0.15) is 35.5 Å². The summed E-state index contributed by atoms with van der Waals surface area (Å²) in [5.41, 5.74) is 6.27. The Bertz CT molecular complexity index is 536. The summed E-state index contributed by atoms with van der Waals surface area (Å²) in [4.78, 5) is 14.3. The fourth-order valence-corrected chi connectivity index (χ4v) is 2.77. The van der Waals surface area contributed by atoms with Crippen molar-refractivity contribution in [1.29, 1.82) is 5.26 Å². The monoisotopic (exact) mass is 310 g/mol. The van der Waals surface area contributed by atoms with E-state index in [4.69, 9.17) is 15.7 Å². The van der Waals surface area contributed by atoms with Crippen molar-refractivity contribution in [3.63, 3.8) is 0 Å². The number of nitrogens with one attached hydrogen (secondary N) is 1. The zero-order valence-corrected chi connectivity index (χ0v) is 13.7. The summed E-state index contributed by atoms with van der Waals surface area (Å²) in [5.74, 6) is -0.525. The van der Waals surface area contributed by atoms with Crippen LogP contribution in [0.2, 0.25) is 0 Å². The molecule has 21 heavy (non-hydrogen) atoms. The molecule has 0 fully saturated rings. The number of methoxy groups -OCH3 is 1. The lowest BCUT2D eigenvalue weighted by Crippen LogP contribution is -2.32. The van der Waals surface area contributed by atoms with Crippen molar-refractivity contribution < 1.29 is 9.53 Å². The van der Waals surface area contributed by atoms with Crippen LogP contribution in [-0.4, -0.2) is 44.2 Å². The van der Waals surface area contributed by atoms with Gasteiger partial charge in [-0.15, -0.1) is 11.3 Å². The standard InChI is InChI=1S/C14H22N4O2S/c1-5-9(2)18(3)7-6-17-13-11(14(19)20-4)12(16)10(8-15)21-13/h9,17H,5-7,16H2,1-4H3. The van der Waals surface area contributed by atoms with Gasteiger partial charge in [0.15, 0.2) is 0 Å². The number of esters is 1. The minimum absolute atomic E-state index is 0.187. The molecule has 3 N–H and O–H groups in total. The highest BCUT2D eigenvalue weighted by atomic mass is 32.1. The fraction of sp³-hybridized carbons (Fsp3) is 0.571. The summed E-state index contributed by atoms with van der Waals surface area (Å²) in [6.45, 7) is 5.80. The Hall–Kier alpha value is -1.78. The molecule has 1 unspecified atom stereocenters. The molecule has 0 saturated carbocycles. The van der Waals surface area contributed by atoms with Gasteiger partial charge in [0.1, 0.15) is 21.5 Å². The van der Waals surface area contributed by atoms with E-state index >= 15 is 0 Å². The number of nitrogens with two attached hydrogens (primary N) is 1. The van der Waals surface area contributed by atoms with Crippen molar-refractivity contribution in [3.05, 3.63) is 10.4 Å². The molecule has 0 aliphatic rings. The first-order valence-electron chi connectivity index (χ1n) is 6.80. The topological polar surface area (TPSA) is 91.4 Å². The second-order valence-corrected chi connectivity index (χ2v) is 5.84. The second kappa shape index (κ2) is 7.86. The smallest absolute Gasteiger partial charge is 0.343 e. The van der Waals surface area contributed by atoms with Gasteiger partial charge >= 0.3 is 5.97 Å². The quantitative estimate of drug-likeness (QED) is 0.750. The summed E-state index contributed by atoms with van der Waals surface area (Å²) >= 11 is 1.18. The molecule has 0 radical (unpaired) electrons. The molecule has 0 amide bonds. The highest BCUT2D eigenvalue weighted by molar-refractivity contribution is 7.17. The molecule has 0 aliphatic carbocycles. The molecule has 1 atom stereocenters. The van der Waals surface area contributed by atoms with Crippen LogP contribution in [0.5, 0.6) is 0 Å². The molecule has 0 spiro atoms. The van der Waals surface area contributed by atoms with E-state index in [1.807, 2.05) is 6.07 Å². The predicted molar refractivity (Wildman–Crippen MR) is 85.7 cm³/mol. The number of thiophene rings is 1. The van der Waals surface area contributed by atoms with Crippen molar-refractivity contribution >= 4 is 28.0 Å². The van der Waals surface area contributed by atoms with E-state index in [0.717, 1.165) is 13.0 Å². The van der Waals surface area contributed by atoms with Crippen LogP contribution in [0.25, 0.3) is 0 Å². The van der Waals surface area contributed by atoms with E-state index in [-0.39, 0.29) is 11.3 Å². The van der Waals surface area contributed by atoms with E-state index in [1.54, 1.807) is 0 Å². The van der Waals surface area contributed by atoms with Gasteiger partial charge in [-0.1, -0.05) is 6.92 Å². The van der Waals surface area contributed by atoms with Crippen LogP contribution in [0.4, 0.5) is 10.7 Å². The van der Waals surface area contributed by atoms with Crippen LogP contribution >= 0.6 is 11.3 Å². The third-order valence-corrected chi connectivity index (χ3v) is 4.60. The summed E-state index contributed by atoms with van der Waals surface area (Å²) < 4.78 is 4.73. The Kier molecular flexibility index (Phi) is 6.46. The van der Waals surface area contributed by atoms with Crippen molar-refractivity contribution in [1.82, 2.24) is 4.90 Å². The molecular formula is C14H22N4O2S. The van der Waals surface area contributed by atoms with Gasteiger partial charge in [-0.25, -0.2) is 4.79 Å². The third kappa shape index (κ3) is 4.09. The Morgan fingerprint density at radius 3 is 2.81 bits per heavy atom.